The van der Waals surface area contributed by atoms with Crippen LogP contribution in [0.25, 0.3) is 0 Å². The van der Waals surface area contributed by atoms with Gasteiger partial charge in [-0.1, -0.05) is 17.7 Å². The van der Waals surface area contributed by atoms with Crippen molar-refractivity contribution < 1.29 is 4.74 Å². The molecule has 0 saturated carbocycles. The van der Waals surface area contributed by atoms with E-state index in [9.17, 15) is 0 Å². The molecule has 0 fully saturated rings. The average molecular weight is 282 g/mol. The fourth-order valence-corrected chi connectivity index (χ4v) is 1.54. The molecule has 1 aromatic rings. The lowest BCUT2D eigenvalue weighted by Gasteiger charge is -2.17. The summed E-state index contributed by atoms with van der Waals surface area (Å²) in [5.74, 6) is 1.53. The van der Waals surface area contributed by atoms with Crippen molar-refractivity contribution in [2.45, 2.75) is 13.0 Å². The average Bonchev–Trinajstić information content (AvgIpc) is 2.42. The van der Waals surface area contributed by atoms with Crippen LogP contribution >= 0.6 is 11.6 Å². The molecule has 2 N–H and O–H groups in total. The van der Waals surface area contributed by atoms with Crippen molar-refractivity contribution in [2.24, 2.45) is 4.99 Å². The van der Waals surface area contributed by atoms with Gasteiger partial charge in [-0.25, -0.2) is 0 Å². The Morgan fingerprint density at radius 2 is 2.11 bits per heavy atom. The van der Waals surface area contributed by atoms with E-state index in [-0.39, 0.29) is 6.10 Å². The van der Waals surface area contributed by atoms with Crippen molar-refractivity contribution in [3.8, 4) is 5.75 Å². The molecule has 1 aromatic carbocycles. The van der Waals surface area contributed by atoms with E-state index in [1.165, 1.54) is 0 Å². The third-order valence-electron chi connectivity index (χ3n) is 2.35. The first-order valence-electron chi connectivity index (χ1n) is 6.13. The van der Waals surface area contributed by atoms with Gasteiger partial charge in [0, 0.05) is 18.6 Å². The number of rotatable bonds is 6. The van der Waals surface area contributed by atoms with Crippen LogP contribution in [0.2, 0.25) is 5.02 Å². The van der Waals surface area contributed by atoms with Crippen LogP contribution in [-0.2, 0) is 0 Å². The molecule has 0 aliphatic rings. The molecule has 4 nitrogen and oxygen atoms in total. The molecule has 1 unspecified atom stereocenters. The number of guanidine groups is 1. The Morgan fingerprint density at radius 3 is 2.68 bits per heavy atom. The summed E-state index contributed by atoms with van der Waals surface area (Å²) >= 11 is 5.82. The van der Waals surface area contributed by atoms with Crippen LogP contribution < -0.4 is 15.4 Å². The number of hydrogen-bond donors (Lipinski definition) is 2. The summed E-state index contributed by atoms with van der Waals surface area (Å²) in [4.78, 5) is 4.09. The predicted molar refractivity (Wildman–Crippen MR) is 81.1 cm³/mol. The molecule has 1 rings (SSSR count). The minimum atomic E-state index is 0.0171. The molecule has 0 bridgehead atoms. The number of halogens is 1. The van der Waals surface area contributed by atoms with Crippen LogP contribution in [-0.4, -0.2) is 32.2 Å². The Labute approximate surface area is 119 Å². The van der Waals surface area contributed by atoms with E-state index in [1.54, 1.807) is 13.1 Å². The van der Waals surface area contributed by atoms with E-state index in [0.717, 1.165) is 11.7 Å². The second-order valence-corrected chi connectivity index (χ2v) is 4.44. The molecule has 1 atom stereocenters. The monoisotopic (exact) mass is 281 g/mol. The van der Waals surface area contributed by atoms with Gasteiger partial charge in [0.1, 0.15) is 11.9 Å². The van der Waals surface area contributed by atoms with Gasteiger partial charge in [-0.2, -0.15) is 0 Å². The van der Waals surface area contributed by atoms with Gasteiger partial charge in [-0.3, -0.25) is 4.99 Å². The summed E-state index contributed by atoms with van der Waals surface area (Å²) < 4.78 is 5.74. The van der Waals surface area contributed by atoms with Crippen LogP contribution in [0.5, 0.6) is 5.75 Å². The van der Waals surface area contributed by atoms with Crippen molar-refractivity contribution in [2.75, 3.05) is 20.1 Å². The number of aliphatic imine (C=N–C) groups is 1. The zero-order chi connectivity index (χ0) is 14.1. The molecule has 5 heteroatoms. The molecule has 0 radical (unpaired) electrons. The Kier molecular flexibility index (Phi) is 6.82. The lowest BCUT2D eigenvalue weighted by atomic mass is 10.3. The molecule has 0 aromatic heterocycles. The van der Waals surface area contributed by atoms with Crippen LogP contribution in [0.1, 0.15) is 6.92 Å². The number of hydrogen-bond acceptors (Lipinski definition) is 2. The van der Waals surface area contributed by atoms with Crippen molar-refractivity contribution in [3.63, 3.8) is 0 Å². The molecule has 0 amide bonds. The summed E-state index contributed by atoms with van der Waals surface area (Å²) in [7, 11) is 1.73. The Morgan fingerprint density at radius 1 is 1.42 bits per heavy atom. The summed E-state index contributed by atoms with van der Waals surface area (Å²) in [5, 5.41) is 6.97. The van der Waals surface area contributed by atoms with E-state index in [4.69, 9.17) is 16.3 Å². The quantitative estimate of drug-likeness (QED) is 0.478. The molecule has 0 aliphatic carbocycles. The van der Waals surface area contributed by atoms with Crippen molar-refractivity contribution >= 4 is 17.6 Å². The van der Waals surface area contributed by atoms with E-state index in [1.807, 2.05) is 31.2 Å². The summed E-state index contributed by atoms with van der Waals surface area (Å²) in [5.41, 5.74) is 0. The number of nitrogens with zero attached hydrogens (tertiary/aromatic N) is 1. The first kappa shape index (κ1) is 15.4. The Balaban J connectivity index is 2.36. The Hall–Kier alpha value is -1.68. The van der Waals surface area contributed by atoms with Crippen molar-refractivity contribution in [1.82, 2.24) is 10.6 Å². The first-order valence-corrected chi connectivity index (χ1v) is 6.51. The van der Waals surface area contributed by atoms with Gasteiger partial charge >= 0.3 is 0 Å². The van der Waals surface area contributed by atoms with Gasteiger partial charge in [0.2, 0.25) is 0 Å². The molecule has 104 valence electrons. The lowest BCUT2D eigenvalue weighted by molar-refractivity contribution is 0.224. The summed E-state index contributed by atoms with van der Waals surface area (Å²) in [6.07, 6.45) is 1.80. The van der Waals surface area contributed by atoms with E-state index >= 15 is 0 Å². The highest BCUT2D eigenvalue weighted by Gasteiger charge is 2.05. The van der Waals surface area contributed by atoms with Gasteiger partial charge in [-0.05, 0) is 31.2 Å². The SMILES string of the molecule is C=CCNC(=NC)NCC(C)Oc1ccc(Cl)cc1. The maximum absolute atomic E-state index is 5.82. The second kappa shape index (κ2) is 8.43. The minimum Gasteiger partial charge on any atom is -0.489 e. The van der Waals surface area contributed by atoms with Crippen LogP contribution in [0.4, 0.5) is 0 Å². The highest BCUT2D eigenvalue weighted by atomic mass is 35.5. The number of nitrogens with one attached hydrogen (secondary N) is 2. The Bertz CT molecular complexity index is 417. The first-order chi connectivity index (χ1) is 9.15. The van der Waals surface area contributed by atoms with Crippen molar-refractivity contribution in [3.05, 3.63) is 41.9 Å². The fourth-order valence-electron chi connectivity index (χ4n) is 1.42. The maximum Gasteiger partial charge on any atom is 0.191 e. The summed E-state index contributed by atoms with van der Waals surface area (Å²) in [6.45, 7) is 6.96. The maximum atomic E-state index is 5.82. The van der Waals surface area contributed by atoms with Gasteiger partial charge in [0.05, 0.1) is 6.54 Å². The van der Waals surface area contributed by atoms with E-state index in [2.05, 4.69) is 22.2 Å². The predicted octanol–water partition coefficient (Wildman–Crippen LogP) is 2.46. The molecular weight excluding hydrogens is 262 g/mol. The molecular formula is C14H20ClN3O. The van der Waals surface area contributed by atoms with Crippen LogP contribution in [0, 0.1) is 0 Å². The number of benzene rings is 1. The summed E-state index contributed by atoms with van der Waals surface area (Å²) in [6, 6.07) is 7.32. The standard InChI is InChI=1S/C14H20ClN3O/c1-4-9-17-14(16-3)18-10-11(2)19-13-7-5-12(15)6-8-13/h4-8,11H,1,9-10H2,2-3H3,(H2,16,17,18). The zero-order valence-electron chi connectivity index (χ0n) is 11.3. The smallest absolute Gasteiger partial charge is 0.191 e. The molecule has 0 saturated heterocycles. The van der Waals surface area contributed by atoms with Gasteiger partial charge in [-0.15, -0.1) is 6.58 Å². The number of ether oxygens (including phenoxy) is 1. The molecule has 0 heterocycles. The van der Waals surface area contributed by atoms with Crippen LogP contribution in [0.3, 0.4) is 0 Å². The highest BCUT2D eigenvalue weighted by Crippen LogP contribution is 2.16. The van der Waals surface area contributed by atoms with E-state index in [0.29, 0.717) is 18.1 Å². The van der Waals surface area contributed by atoms with Gasteiger partial charge < -0.3 is 15.4 Å². The largest absolute Gasteiger partial charge is 0.489 e. The third-order valence-corrected chi connectivity index (χ3v) is 2.60. The highest BCUT2D eigenvalue weighted by molar-refractivity contribution is 6.30. The van der Waals surface area contributed by atoms with E-state index < -0.39 is 0 Å². The third kappa shape index (κ3) is 6.15. The fraction of sp³-hybridized carbons (Fsp3) is 0.357. The van der Waals surface area contributed by atoms with Crippen molar-refractivity contribution in [1.29, 1.82) is 0 Å². The zero-order valence-corrected chi connectivity index (χ0v) is 12.1. The molecule has 19 heavy (non-hydrogen) atoms. The second-order valence-electron chi connectivity index (χ2n) is 4.01. The topological polar surface area (TPSA) is 45.7 Å². The molecule has 0 aliphatic heterocycles. The lowest BCUT2D eigenvalue weighted by Crippen LogP contribution is -2.41. The van der Waals surface area contributed by atoms with Gasteiger partial charge in [0.25, 0.3) is 0 Å². The normalized spacial score (nSPS) is 12.7. The minimum absolute atomic E-state index is 0.0171. The molecule has 0 spiro atoms. The van der Waals surface area contributed by atoms with Crippen LogP contribution in [0.15, 0.2) is 41.9 Å². The van der Waals surface area contributed by atoms with Gasteiger partial charge in [0.15, 0.2) is 5.96 Å².